The van der Waals surface area contributed by atoms with Crippen LogP contribution in [0.1, 0.15) is 19.3 Å². The van der Waals surface area contributed by atoms with Crippen LogP contribution in [0.25, 0.3) is 0 Å². The van der Waals surface area contributed by atoms with E-state index in [9.17, 15) is 4.79 Å². The summed E-state index contributed by atoms with van der Waals surface area (Å²) >= 11 is 9.30. The van der Waals surface area contributed by atoms with Gasteiger partial charge in [-0.15, -0.1) is 0 Å². The van der Waals surface area contributed by atoms with Crippen LogP contribution >= 0.6 is 27.5 Å². The molecule has 0 aromatic carbocycles. The van der Waals surface area contributed by atoms with Gasteiger partial charge in [0.2, 0.25) is 5.91 Å². The molecule has 1 aromatic heterocycles. The Hall–Kier alpha value is -0.650. The van der Waals surface area contributed by atoms with Crippen molar-refractivity contribution in [3.8, 4) is 0 Å². The Bertz CT molecular complexity index is 523. The number of carbonyl (C=O) groups excluding carboxylic acids is 1. The topological polar surface area (TPSA) is 68.0 Å². The zero-order valence-electron chi connectivity index (χ0n) is 10.3. The van der Waals surface area contributed by atoms with Gasteiger partial charge in [-0.3, -0.25) is 4.79 Å². The fraction of sp³-hybridized carbons (Fsp3) is 0.538. The van der Waals surface area contributed by atoms with Gasteiger partial charge in [-0.25, -0.2) is 4.98 Å². The van der Waals surface area contributed by atoms with E-state index in [4.69, 9.17) is 17.3 Å². The van der Waals surface area contributed by atoms with Gasteiger partial charge in [0.1, 0.15) is 0 Å². The van der Waals surface area contributed by atoms with Crippen LogP contribution in [0.3, 0.4) is 0 Å². The molecule has 3 rings (SSSR count). The molecule has 2 saturated carbocycles. The van der Waals surface area contributed by atoms with Gasteiger partial charge in [-0.05, 0) is 53.1 Å². The molecule has 2 bridgehead atoms. The van der Waals surface area contributed by atoms with Gasteiger partial charge in [0, 0.05) is 16.7 Å². The van der Waals surface area contributed by atoms with Crippen molar-refractivity contribution in [1.29, 1.82) is 0 Å². The van der Waals surface area contributed by atoms with Crippen LogP contribution in [0.4, 0.5) is 5.69 Å². The second-order valence-corrected chi connectivity index (χ2v) is 6.69. The van der Waals surface area contributed by atoms with E-state index in [1.54, 1.807) is 12.3 Å². The Labute approximate surface area is 125 Å². The van der Waals surface area contributed by atoms with Crippen molar-refractivity contribution < 1.29 is 4.79 Å². The minimum atomic E-state index is -0.0891. The number of rotatable bonds is 2. The number of halogens is 2. The average Bonchev–Trinajstić information content (AvgIpc) is 2.94. The lowest BCUT2D eigenvalue weighted by Crippen LogP contribution is -2.42. The SMILES string of the molecule is NC1C2CCC(C2)C1C(=O)Nc1cc(Br)cnc1Cl. The molecule has 1 heterocycles. The van der Waals surface area contributed by atoms with Gasteiger partial charge in [0.15, 0.2) is 5.15 Å². The quantitative estimate of drug-likeness (QED) is 0.811. The molecule has 4 unspecified atom stereocenters. The first-order valence-corrected chi connectivity index (χ1v) is 7.61. The highest BCUT2D eigenvalue weighted by Crippen LogP contribution is 2.48. The Morgan fingerprint density at radius 2 is 2.21 bits per heavy atom. The number of aromatic nitrogens is 1. The number of fused-ring (bicyclic) bond motifs is 2. The average molecular weight is 345 g/mol. The molecule has 0 spiro atoms. The van der Waals surface area contributed by atoms with Gasteiger partial charge in [0.05, 0.1) is 11.6 Å². The zero-order valence-corrected chi connectivity index (χ0v) is 12.6. The maximum atomic E-state index is 12.4. The molecule has 0 aliphatic heterocycles. The fourth-order valence-corrected chi connectivity index (χ4v) is 3.93. The Kier molecular flexibility index (Phi) is 3.53. The van der Waals surface area contributed by atoms with Gasteiger partial charge in [-0.1, -0.05) is 11.6 Å². The molecular formula is C13H15BrClN3O. The van der Waals surface area contributed by atoms with Gasteiger partial charge in [-0.2, -0.15) is 0 Å². The summed E-state index contributed by atoms with van der Waals surface area (Å²) in [5.41, 5.74) is 6.71. The first-order chi connectivity index (χ1) is 9.06. The van der Waals surface area contributed by atoms with E-state index in [0.717, 1.165) is 23.7 Å². The van der Waals surface area contributed by atoms with Crippen molar-refractivity contribution in [3.63, 3.8) is 0 Å². The van der Waals surface area contributed by atoms with Gasteiger partial charge >= 0.3 is 0 Å². The zero-order chi connectivity index (χ0) is 13.6. The van der Waals surface area contributed by atoms with Crippen molar-refractivity contribution in [2.75, 3.05) is 5.32 Å². The van der Waals surface area contributed by atoms with E-state index in [2.05, 4.69) is 26.2 Å². The predicted molar refractivity (Wildman–Crippen MR) is 77.9 cm³/mol. The monoisotopic (exact) mass is 343 g/mol. The molecule has 0 saturated heterocycles. The second-order valence-electron chi connectivity index (χ2n) is 5.42. The summed E-state index contributed by atoms with van der Waals surface area (Å²) in [6.07, 6.45) is 4.96. The summed E-state index contributed by atoms with van der Waals surface area (Å²) < 4.78 is 0.782. The van der Waals surface area contributed by atoms with Crippen molar-refractivity contribution in [2.45, 2.75) is 25.3 Å². The van der Waals surface area contributed by atoms with Gasteiger partial charge in [0.25, 0.3) is 0 Å². The van der Waals surface area contributed by atoms with Crippen molar-refractivity contribution in [2.24, 2.45) is 23.5 Å². The third-order valence-corrected chi connectivity index (χ3v) is 5.08. The second kappa shape index (κ2) is 5.04. The summed E-state index contributed by atoms with van der Waals surface area (Å²) in [6, 6.07) is 1.74. The Morgan fingerprint density at radius 1 is 1.47 bits per heavy atom. The molecule has 2 aliphatic rings. The number of amides is 1. The normalized spacial score (nSPS) is 32.6. The van der Waals surface area contributed by atoms with Crippen LogP contribution in [0.5, 0.6) is 0 Å². The molecule has 4 nitrogen and oxygen atoms in total. The van der Waals surface area contributed by atoms with Gasteiger partial charge < -0.3 is 11.1 Å². The van der Waals surface area contributed by atoms with Crippen LogP contribution in [0.2, 0.25) is 5.15 Å². The number of hydrogen-bond acceptors (Lipinski definition) is 3. The molecule has 1 amide bonds. The largest absolute Gasteiger partial charge is 0.327 e. The van der Waals surface area contributed by atoms with E-state index >= 15 is 0 Å². The van der Waals surface area contributed by atoms with E-state index in [0.29, 0.717) is 22.7 Å². The maximum absolute atomic E-state index is 12.4. The molecule has 6 heteroatoms. The predicted octanol–water partition coefficient (Wildman–Crippen LogP) is 2.81. The minimum absolute atomic E-state index is 0.0161. The summed E-state index contributed by atoms with van der Waals surface area (Å²) in [6.45, 7) is 0. The summed E-state index contributed by atoms with van der Waals surface area (Å²) in [5.74, 6) is 0.825. The number of carbonyl (C=O) groups is 1. The third kappa shape index (κ3) is 2.39. The van der Waals surface area contributed by atoms with Crippen molar-refractivity contribution >= 4 is 39.1 Å². The lowest BCUT2D eigenvalue weighted by molar-refractivity contribution is -0.121. The lowest BCUT2D eigenvalue weighted by Gasteiger charge is -2.27. The highest BCUT2D eigenvalue weighted by atomic mass is 79.9. The molecule has 2 fully saturated rings. The molecule has 1 aromatic rings. The highest BCUT2D eigenvalue weighted by molar-refractivity contribution is 9.10. The fourth-order valence-electron chi connectivity index (χ4n) is 3.45. The minimum Gasteiger partial charge on any atom is -0.327 e. The summed E-state index contributed by atoms with van der Waals surface area (Å²) in [4.78, 5) is 16.4. The first-order valence-electron chi connectivity index (χ1n) is 6.43. The van der Waals surface area contributed by atoms with E-state index in [1.807, 2.05) is 0 Å². The number of pyridine rings is 1. The van der Waals surface area contributed by atoms with Crippen molar-refractivity contribution in [1.82, 2.24) is 4.98 Å². The molecule has 4 atom stereocenters. The molecule has 3 N–H and O–H groups in total. The van der Waals surface area contributed by atoms with Crippen LogP contribution < -0.4 is 11.1 Å². The van der Waals surface area contributed by atoms with E-state index < -0.39 is 0 Å². The third-order valence-electron chi connectivity index (χ3n) is 4.35. The Morgan fingerprint density at radius 3 is 2.89 bits per heavy atom. The van der Waals surface area contributed by atoms with E-state index in [-0.39, 0.29) is 17.9 Å². The molecule has 102 valence electrons. The van der Waals surface area contributed by atoms with Crippen LogP contribution in [0, 0.1) is 17.8 Å². The number of nitrogens with one attached hydrogen (secondary N) is 1. The number of anilines is 1. The van der Waals surface area contributed by atoms with Crippen LogP contribution in [0.15, 0.2) is 16.7 Å². The smallest absolute Gasteiger partial charge is 0.229 e. The number of nitrogens with zero attached hydrogens (tertiary/aromatic N) is 1. The maximum Gasteiger partial charge on any atom is 0.229 e. The molecular weight excluding hydrogens is 330 g/mol. The van der Waals surface area contributed by atoms with E-state index in [1.165, 1.54) is 0 Å². The summed E-state index contributed by atoms with van der Waals surface area (Å²) in [7, 11) is 0. The molecule has 2 aliphatic carbocycles. The van der Waals surface area contributed by atoms with Crippen LogP contribution in [-0.2, 0) is 4.79 Å². The summed E-state index contributed by atoms with van der Waals surface area (Å²) in [5, 5.41) is 3.16. The van der Waals surface area contributed by atoms with Crippen LogP contribution in [-0.4, -0.2) is 16.9 Å². The first kappa shape index (κ1) is 13.3. The standard InChI is InChI=1S/C13H15BrClN3O/c14-8-4-9(12(15)17-5-8)18-13(19)10-6-1-2-7(3-6)11(10)16/h4-7,10-11H,1-3,16H2,(H,18,19). The number of nitrogens with two attached hydrogens (primary N) is 1. The van der Waals surface area contributed by atoms with Crippen molar-refractivity contribution in [3.05, 3.63) is 21.9 Å². The lowest BCUT2D eigenvalue weighted by atomic mass is 9.84. The Balaban J connectivity index is 1.77. The number of hydrogen-bond donors (Lipinski definition) is 2. The molecule has 0 radical (unpaired) electrons. The molecule has 19 heavy (non-hydrogen) atoms. The highest BCUT2D eigenvalue weighted by Gasteiger charge is 2.49.